The molecule has 0 heterocycles. The first-order valence-corrected chi connectivity index (χ1v) is 24.0. The summed E-state index contributed by atoms with van der Waals surface area (Å²) in [7, 11) is -5.17. The lowest BCUT2D eigenvalue weighted by Crippen LogP contribution is -2.64. The maximum absolute atomic E-state index is 12.8. The van der Waals surface area contributed by atoms with Gasteiger partial charge in [-0.05, 0) is 77.0 Å². The van der Waals surface area contributed by atoms with Crippen LogP contribution in [0.1, 0.15) is 136 Å². The summed E-state index contributed by atoms with van der Waals surface area (Å²) in [6.45, 7) is 2.95. The first-order chi connectivity index (χ1) is 29.8. The number of aliphatic hydroxyl groups excluding tert-OH is 6. The second-order valence-corrected chi connectivity index (χ2v) is 16.8. The van der Waals surface area contributed by atoms with Crippen molar-refractivity contribution in [2.75, 3.05) is 13.2 Å². The van der Waals surface area contributed by atoms with Crippen molar-refractivity contribution in [3.8, 4) is 0 Å². The van der Waals surface area contributed by atoms with Crippen molar-refractivity contribution in [3.63, 3.8) is 0 Å². The fourth-order valence-corrected chi connectivity index (χ4v) is 7.14. The van der Waals surface area contributed by atoms with Crippen molar-refractivity contribution in [1.82, 2.24) is 0 Å². The van der Waals surface area contributed by atoms with E-state index < -0.39 is 81.8 Å². The van der Waals surface area contributed by atoms with Crippen LogP contribution in [0.2, 0.25) is 0 Å². The van der Waals surface area contributed by atoms with Crippen LogP contribution in [0.25, 0.3) is 0 Å². The third kappa shape index (κ3) is 28.6. The van der Waals surface area contributed by atoms with Crippen LogP contribution in [0.3, 0.4) is 0 Å². The highest BCUT2D eigenvalue weighted by Crippen LogP contribution is 2.47. The number of rotatable bonds is 35. The zero-order valence-electron chi connectivity index (χ0n) is 37.0. The Morgan fingerprint density at radius 2 is 1.11 bits per heavy atom. The van der Waals surface area contributed by atoms with E-state index in [0.29, 0.717) is 6.42 Å². The highest BCUT2D eigenvalue weighted by molar-refractivity contribution is 7.47. The lowest BCUT2D eigenvalue weighted by molar-refractivity contribution is -0.220. The Hall–Kier alpha value is -3.01. The minimum absolute atomic E-state index is 0.0319. The second-order valence-electron chi connectivity index (χ2n) is 15.4. The molecule has 0 aromatic rings. The fourth-order valence-electron chi connectivity index (χ4n) is 6.17. The number of hydrogen-bond acceptors (Lipinski definition) is 13. The third-order valence-corrected chi connectivity index (χ3v) is 10.8. The first kappa shape index (κ1) is 57.0. The molecule has 1 saturated carbocycles. The van der Waals surface area contributed by atoms with Crippen molar-refractivity contribution >= 4 is 19.8 Å². The van der Waals surface area contributed by atoms with Crippen molar-refractivity contribution in [3.05, 3.63) is 85.1 Å². The number of carbonyl (C=O) groups excluding carboxylic acids is 2. The standard InChI is InChI=1S/C47H77O14P/c1-3-5-7-9-11-13-15-17-18-20-22-24-26-28-30-34-41(50)60-39(37-59-62(56,57)61-47-45(54)43(52)42(51)44(53)46(47)55)36-58-40(49)35-31-33-38(48)32-29-27-25-23-21-19-16-14-12-10-8-6-4-2/h5,7,11-14,17-19,21,25,27,29,32,38-39,42-48,51-55H,3-4,6,8-10,15-16,20,22-24,26,28,30-31,33-37H2,1-2H3,(H,56,57)/b7-5-,13-11-,14-12-,18-17-,21-19-,27-25-,32-29+/t38-,39-,42?,43-,44+,45-,46-,47?/m1/s1. The van der Waals surface area contributed by atoms with E-state index in [1.165, 1.54) is 19.3 Å². The van der Waals surface area contributed by atoms with Gasteiger partial charge in [0.1, 0.15) is 43.2 Å². The van der Waals surface area contributed by atoms with Gasteiger partial charge in [-0.3, -0.25) is 18.6 Å². The zero-order chi connectivity index (χ0) is 45.9. The van der Waals surface area contributed by atoms with Crippen LogP contribution in [-0.2, 0) is 32.7 Å². The number of phosphoric acid groups is 1. The van der Waals surface area contributed by atoms with E-state index in [9.17, 15) is 49.7 Å². The Morgan fingerprint density at radius 3 is 1.73 bits per heavy atom. The fraction of sp³-hybridized carbons (Fsp3) is 0.660. The molecule has 0 amide bonds. The Labute approximate surface area is 370 Å². The van der Waals surface area contributed by atoms with Gasteiger partial charge in [-0.25, -0.2) is 4.57 Å². The van der Waals surface area contributed by atoms with Gasteiger partial charge in [-0.1, -0.05) is 131 Å². The molecule has 1 rings (SSSR count). The Kier molecular flexibility index (Phi) is 33.4. The largest absolute Gasteiger partial charge is 0.472 e. The SMILES string of the molecule is CC/C=C\C/C=C\C/C=C\CCCCCCCC(=O)O[C@H](COC(=O)CCC[C@H](O)/C=C/C=C\C/C=C\C/C=C\CCCCC)COP(=O)(O)OC1[C@H](O)[C@H](O)C(O)[C@H](O)[C@H]1O. The molecule has 0 bridgehead atoms. The van der Waals surface area contributed by atoms with Crippen LogP contribution < -0.4 is 0 Å². The van der Waals surface area contributed by atoms with Crippen LogP contribution in [-0.4, -0.2) is 110 Å². The molecule has 1 fully saturated rings. The van der Waals surface area contributed by atoms with E-state index >= 15 is 0 Å². The summed E-state index contributed by atoms with van der Waals surface area (Å²) in [5, 5.41) is 60.4. The van der Waals surface area contributed by atoms with Crippen LogP contribution in [0.15, 0.2) is 85.1 Å². The lowest BCUT2D eigenvalue weighted by Gasteiger charge is -2.41. The number of aliphatic hydroxyl groups is 6. The topological polar surface area (TPSA) is 230 Å². The summed E-state index contributed by atoms with van der Waals surface area (Å²) in [6, 6.07) is 0. The molecule has 0 aromatic heterocycles. The molecule has 0 aromatic carbocycles. The molecule has 0 spiro atoms. The second kappa shape index (κ2) is 36.3. The maximum Gasteiger partial charge on any atom is 0.472 e. The van der Waals surface area contributed by atoms with Gasteiger partial charge in [-0.15, -0.1) is 0 Å². The average molecular weight is 897 g/mol. The molecule has 9 atom stereocenters. The van der Waals surface area contributed by atoms with Crippen LogP contribution in [0.5, 0.6) is 0 Å². The molecule has 0 aliphatic heterocycles. The van der Waals surface area contributed by atoms with E-state index in [1.54, 1.807) is 12.2 Å². The number of esters is 2. The predicted octanol–water partition coefficient (Wildman–Crippen LogP) is 7.47. The molecule has 0 saturated heterocycles. The minimum atomic E-state index is -5.17. The molecular formula is C47H77O14P. The van der Waals surface area contributed by atoms with Crippen molar-refractivity contribution in [2.24, 2.45) is 0 Å². The molecule has 0 radical (unpaired) electrons. The van der Waals surface area contributed by atoms with Gasteiger partial charge in [0.2, 0.25) is 0 Å². The van der Waals surface area contributed by atoms with Crippen LogP contribution in [0, 0.1) is 0 Å². The number of carbonyl (C=O) groups is 2. The van der Waals surface area contributed by atoms with E-state index in [-0.39, 0.29) is 25.7 Å². The zero-order valence-corrected chi connectivity index (χ0v) is 37.9. The number of ether oxygens (including phenoxy) is 2. The van der Waals surface area contributed by atoms with Gasteiger partial charge in [0.05, 0.1) is 12.7 Å². The molecule has 3 unspecified atom stereocenters. The molecule has 354 valence electrons. The van der Waals surface area contributed by atoms with Gasteiger partial charge in [0.15, 0.2) is 6.10 Å². The number of phosphoric ester groups is 1. The van der Waals surface area contributed by atoms with E-state index in [4.69, 9.17) is 18.5 Å². The highest BCUT2D eigenvalue weighted by Gasteiger charge is 2.51. The van der Waals surface area contributed by atoms with E-state index in [1.807, 2.05) is 12.2 Å². The average Bonchev–Trinajstić information content (AvgIpc) is 3.25. The van der Waals surface area contributed by atoms with Crippen LogP contribution in [0.4, 0.5) is 0 Å². The first-order valence-electron chi connectivity index (χ1n) is 22.5. The maximum atomic E-state index is 12.8. The molecular weight excluding hydrogens is 819 g/mol. The van der Waals surface area contributed by atoms with Gasteiger partial charge in [0.25, 0.3) is 0 Å². The Morgan fingerprint density at radius 1 is 0.597 bits per heavy atom. The monoisotopic (exact) mass is 897 g/mol. The van der Waals surface area contributed by atoms with Crippen molar-refractivity contribution in [1.29, 1.82) is 0 Å². The number of unbranched alkanes of at least 4 members (excludes halogenated alkanes) is 8. The Balaban J connectivity index is 2.58. The molecule has 62 heavy (non-hydrogen) atoms. The smallest absolute Gasteiger partial charge is 0.462 e. The summed E-state index contributed by atoms with van der Waals surface area (Å²) in [5.74, 6) is -1.33. The van der Waals surface area contributed by atoms with Gasteiger partial charge < -0.3 is 45.0 Å². The lowest BCUT2D eigenvalue weighted by atomic mass is 9.85. The van der Waals surface area contributed by atoms with Gasteiger partial charge in [0, 0.05) is 12.8 Å². The Bertz CT molecular complexity index is 1420. The summed E-state index contributed by atoms with van der Waals surface area (Å²) in [6.07, 6.45) is 29.4. The van der Waals surface area contributed by atoms with Crippen molar-refractivity contribution < 1.29 is 68.2 Å². The third-order valence-electron chi connectivity index (χ3n) is 9.82. The van der Waals surface area contributed by atoms with Gasteiger partial charge in [-0.2, -0.15) is 0 Å². The molecule has 7 N–H and O–H groups in total. The molecule has 15 heteroatoms. The minimum Gasteiger partial charge on any atom is -0.462 e. The quantitative estimate of drug-likeness (QED) is 0.0108. The van der Waals surface area contributed by atoms with Crippen LogP contribution >= 0.6 is 7.82 Å². The molecule has 1 aliphatic rings. The summed E-state index contributed by atoms with van der Waals surface area (Å²) in [5.41, 5.74) is 0. The van der Waals surface area contributed by atoms with Crippen molar-refractivity contribution in [2.45, 2.75) is 185 Å². The van der Waals surface area contributed by atoms with E-state index in [0.717, 1.165) is 70.6 Å². The van der Waals surface area contributed by atoms with Gasteiger partial charge >= 0.3 is 19.8 Å². The van der Waals surface area contributed by atoms with E-state index in [2.05, 4.69) is 74.6 Å². The highest BCUT2D eigenvalue weighted by atomic mass is 31.2. The molecule has 14 nitrogen and oxygen atoms in total. The predicted molar refractivity (Wildman–Crippen MR) is 241 cm³/mol. The number of allylic oxidation sites excluding steroid dienone is 13. The molecule has 1 aliphatic carbocycles. The number of hydrogen-bond donors (Lipinski definition) is 7. The summed E-state index contributed by atoms with van der Waals surface area (Å²) >= 11 is 0. The normalized spacial score (nSPS) is 23.2. The summed E-state index contributed by atoms with van der Waals surface area (Å²) < 4.78 is 33.3. The summed E-state index contributed by atoms with van der Waals surface area (Å²) in [4.78, 5) is 35.7.